The Kier molecular flexibility index (Phi) is 4.11. The second-order valence-electron chi connectivity index (χ2n) is 2.84. The highest BCUT2D eigenvalue weighted by Crippen LogP contribution is 2.26. The lowest BCUT2D eigenvalue weighted by molar-refractivity contribution is 0.310. The van der Waals surface area contributed by atoms with E-state index in [9.17, 15) is 8.78 Å². The van der Waals surface area contributed by atoms with Gasteiger partial charge in [-0.2, -0.15) is 5.11 Å². The molecule has 0 aliphatic carbocycles. The van der Waals surface area contributed by atoms with E-state index < -0.39 is 17.3 Å². The highest BCUT2D eigenvalue weighted by molar-refractivity contribution is 5.43. The molecule has 4 nitrogen and oxygen atoms in total. The number of ether oxygens (including phenoxy) is 1. The van der Waals surface area contributed by atoms with Crippen LogP contribution in [0.25, 0.3) is 0 Å². The Labute approximate surface area is 85.5 Å². The molecule has 0 bridgehead atoms. The fourth-order valence-corrected chi connectivity index (χ4v) is 1.01. The van der Waals surface area contributed by atoms with Gasteiger partial charge in [0.05, 0.1) is 6.61 Å². The molecule has 0 heterocycles. The third kappa shape index (κ3) is 2.95. The number of hydrogen-bond donors (Lipinski definition) is 2. The molecule has 3 N–H and O–H groups in total. The summed E-state index contributed by atoms with van der Waals surface area (Å²) in [6, 6.07) is 1.99. The Morgan fingerprint density at radius 2 is 1.93 bits per heavy atom. The first kappa shape index (κ1) is 11.5. The minimum absolute atomic E-state index is 0.0749. The average molecular weight is 215 g/mol. The molecule has 0 fully saturated rings. The zero-order valence-electron chi connectivity index (χ0n) is 7.96. The van der Waals surface area contributed by atoms with Crippen molar-refractivity contribution in [3.63, 3.8) is 0 Å². The minimum atomic E-state index is -0.909. The van der Waals surface area contributed by atoms with Crippen molar-refractivity contribution < 1.29 is 13.5 Å². The van der Waals surface area contributed by atoms with Gasteiger partial charge in [0.15, 0.2) is 17.3 Å². The molecule has 1 aromatic rings. The molecular formula is C9H11F2N3O. The quantitative estimate of drug-likeness (QED) is 0.584. The highest BCUT2D eigenvalue weighted by Gasteiger charge is 2.10. The fourth-order valence-electron chi connectivity index (χ4n) is 1.01. The second kappa shape index (κ2) is 5.35. The monoisotopic (exact) mass is 215 g/mol. The third-order valence-electron chi connectivity index (χ3n) is 1.72. The van der Waals surface area contributed by atoms with E-state index in [1.807, 2.05) is 0 Å². The highest BCUT2D eigenvalue weighted by atomic mass is 19.1. The van der Waals surface area contributed by atoms with E-state index in [2.05, 4.69) is 5.11 Å². The van der Waals surface area contributed by atoms with Crippen LogP contribution in [0.15, 0.2) is 17.2 Å². The Morgan fingerprint density at radius 3 is 2.40 bits per heavy atom. The van der Waals surface area contributed by atoms with E-state index >= 15 is 0 Å². The van der Waals surface area contributed by atoms with Gasteiger partial charge in [0.25, 0.3) is 0 Å². The molecule has 0 saturated carbocycles. The first-order chi connectivity index (χ1) is 7.19. The number of nitrogens with zero attached hydrogens (tertiary/aromatic N) is 1. The van der Waals surface area contributed by atoms with Crippen molar-refractivity contribution >= 4 is 5.69 Å². The van der Waals surface area contributed by atoms with Gasteiger partial charge in [-0.1, -0.05) is 0 Å². The zero-order chi connectivity index (χ0) is 11.3. The van der Waals surface area contributed by atoms with Gasteiger partial charge in [-0.15, -0.1) is 0 Å². The number of nitrogens with one attached hydrogen (secondary N) is 1. The number of halogens is 2. The second-order valence-corrected chi connectivity index (χ2v) is 2.84. The summed E-state index contributed by atoms with van der Waals surface area (Å²) in [6.45, 7) is 0.748. The summed E-state index contributed by atoms with van der Waals surface area (Å²) in [5, 5.41) is 2.73. The summed E-state index contributed by atoms with van der Waals surface area (Å²) < 4.78 is 31.2. The van der Waals surface area contributed by atoms with Crippen molar-refractivity contribution in [2.24, 2.45) is 10.8 Å². The van der Waals surface area contributed by atoms with Crippen molar-refractivity contribution in [1.82, 2.24) is 0 Å². The summed E-state index contributed by atoms with van der Waals surface area (Å²) in [7, 11) is 0. The van der Waals surface area contributed by atoms with Gasteiger partial charge in [-0.3, -0.25) is 0 Å². The molecule has 1 aromatic carbocycles. The molecule has 0 atom stereocenters. The molecule has 0 saturated heterocycles. The molecule has 0 aromatic heterocycles. The van der Waals surface area contributed by atoms with E-state index in [0.29, 0.717) is 19.6 Å². The van der Waals surface area contributed by atoms with Crippen LogP contribution in [0.5, 0.6) is 5.75 Å². The summed E-state index contributed by atoms with van der Waals surface area (Å²) >= 11 is 0. The van der Waals surface area contributed by atoms with Gasteiger partial charge in [0.2, 0.25) is 0 Å². The normalized spacial score (nSPS) is 10.1. The van der Waals surface area contributed by atoms with Crippen LogP contribution in [-0.2, 0) is 0 Å². The number of rotatable bonds is 5. The van der Waals surface area contributed by atoms with Crippen molar-refractivity contribution in [1.29, 1.82) is 5.53 Å². The predicted octanol–water partition coefficient (Wildman–Crippen LogP) is 2.35. The van der Waals surface area contributed by atoms with Crippen LogP contribution in [-0.4, -0.2) is 13.2 Å². The number of hydrogen-bond acceptors (Lipinski definition) is 4. The minimum Gasteiger partial charge on any atom is -0.493 e. The van der Waals surface area contributed by atoms with Gasteiger partial charge in [0, 0.05) is 12.1 Å². The van der Waals surface area contributed by atoms with E-state index in [1.54, 1.807) is 0 Å². The summed E-state index contributed by atoms with van der Waals surface area (Å²) in [4.78, 5) is 0. The van der Waals surface area contributed by atoms with Gasteiger partial charge in [-0.25, -0.2) is 14.3 Å². The Bertz CT molecular complexity index is 334. The first-order valence-corrected chi connectivity index (χ1v) is 4.38. The maximum absolute atomic E-state index is 13.1. The van der Waals surface area contributed by atoms with Gasteiger partial charge < -0.3 is 10.5 Å². The smallest absolute Gasteiger partial charge is 0.157 e. The molecule has 0 amide bonds. The molecule has 0 radical (unpaired) electrons. The average Bonchev–Trinajstić information content (AvgIpc) is 2.18. The van der Waals surface area contributed by atoms with Crippen LogP contribution in [0.2, 0.25) is 0 Å². The SMILES string of the molecule is N=Nc1c(F)cc(OCCCN)cc1F. The molecule has 0 aliphatic heterocycles. The van der Waals surface area contributed by atoms with Crippen molar-refractivity contribution in [3.8, 4) is 5.75 Å². The summed E-state index contributed by atoms with van der Waals surface area (Å²) in [5.74, 6) is -1.74. The molecule has 1 rings (SSSR count). The predicted molar refractivity (Wildman–Crippen MR) is 50.3 cm³/mol. The molecule has 0 spiro atoms. The lowest BCUT2D eigenvalue weighted by Gasteiger charge is -2.06. The molecule has 6 heteroatoms. The Morgan fingerprint density at radius 1 is 1.33 bits per heavy atom. The van der Waals surface area contributed by atoms with Crippen molar-refractivity contribution in [2.75, 3.05) is 13.2 Å². The van der Waals surface area contributed by atoms with Gasteiger partial charge >= 0.3 is 0 Å². The zero-order valence-corrected chi connectivity index (χ0v) is 7.96. The van der Waals surface area contributed by atoms with Crippen LogP contribution >= 0.6 is 0 Å². The van der Waals surface area contributed by atoms with Crippen LogP contribution in [0, 0.1) is 17.2 Å². The fraction of sp³-hybridized carbons (Fsp3) is 0.333. The molecule has 15 heavy (non-hydrogen) atoms. The summed E-state index contributed by atoms with van der Waals surface area (Å²) in [6.07, 6.45) is 0.605. The van der Waals surface area contributed by atoms with Crippen LogP contribution < -0.4 is 10.5 Å². The lowest BCUT2D eigenvalue weighted by Crippen LogP contribution is -2.06. The molecule has 82 valence electrons. The number of nitrogens with two attached hydrogens (primary N) is 1. The Balaban J connectivity index is 2.79. The van der Waals surface area contributed by atoms with Crippen LogP contribution in [0.3, 0.4) is 0 Å². The van der Waals surface area contributed by atoms with Crippen molar-refractivity contribution in [3.05, 3.63) is 23.8 Å². The van der Waals surface area contributed by atoms with E-state index in [0.717, 1.165) is 12.1 Å². The van der Waals surface area contributed by atoms with Gasteiger partial charge in [-0.05, 0) is 13.0 Å². The van der Waals surface area contributed by atoms with Crippen molar-refractivity contribution in [2.45, 2.75) is 6.42 Å². The molecular weight excluding hydrogens is 204 g/mol. The Hall–Kier alpha value is -1.56. The largest absolute Gasteiger partial charge is 0.493 e. The van der Waals surface area contributed by atoms with E-state index in [4.69, 9.17) is 16.0 Å². The topological polar surface area (TPSA) is 71.5 Å². The maximum Gasteiger partial charge on any atom is 0.157 e. The first-order valence-electron chi connectivity index (χ1n) is 4.38. The molecule has 0 unspecified atom stereocenters. The van der Waals surface area contributed by atoms with Gasteiger partial charge in [0.1, 0.15) is 5.75 Å². The lowest BCUT2D eigenvalue weighted by atomic mass is 10.3. The summed E-state index contributed by atoms with van der Waals surface area (Å²) in [5.41, 5.74) is 11.2. The standard InChI is InChI=1S/C9H11F2N3O/c10-7-4-6(15-3-1-2-12)5-8(11)9(7)14-13/h4-5,13H,1-3,12H2. The van der Waals surface area contributed by atoms with Crippen LogP contribution in [0.4, 0.5) is 14.5 Å². The third-order valence-corrected chi connectivity index (χ3v) is 1.72. The number of benzene rings is 1. The van der Waals surface area contributed by atoms with E-state index in [1.165, 1.54) is 0 Å². The maximum atomic E-state index is 13.1. The van der Waals surface area contributed by atoms with Crippen LogP contribution in [0.1, 0.15) is 6.42 Å². The van der Waals surface area contributed by atoms with E-state index in [-0.39, 0.29) is 5.75 Å². The molecule has 0 aliphatic rings.